The minimum Gasteiger partial charge on any atom is -0.293 e. The van der Waals surface area contributed by atoms with E-state index in [1.807, 2.05) is 20.8 Å². The second-order valence-electron chi connectivity index (χ2n) is 4.63. The van der Waals surface area contributed by atoms with Crippen LogP contribution in [0.1, 0.15) is 36.2 Å². The molecule has 1 rings (SSSR count). The summed E-state index contributed by atoms with van der Waals surface area (Å²) in [6, 6.07) is 7.22. The van der Waals surface area contributed by atoms with E-state index in [0.29, 0.717) is 22.9 Å². The lowest BCUT2D eigenvalue weighted by Gasteiger charge is -2.12. The van der Waals surface area contributed by atoms with Crippen molar-refractivity contribution in [2.45, 2.75) is 27.2 Å². The molecule has 0 aliphatic rings. The third-order valence-corrected chi connectivity index (χ3v) is 2.87. The standard InChI is InChI=1S/C14H16ClNO/c1-9(2)6-11(8-16)14(17)13-5-4-12(15)7-10(13)3/h4-5,7,9,11H,6H2,1-3H3. The van der Waals surface area contributed by atoms with Crippen molar-refractivity contribution in [1.82, 2.24) is 0 Å². The number of hydrogen-bond donors (Lipinski definition) is 0. The Morgan fingerprint density at radius 3 is 2.59 bits per heavy atom. The van der Waals surface area contributed by atoms with Gasteiger partial charge in [0.05, 0.1) is 6.07 Å². The zero-order valence-corrected chi connectivity index (χ0v) is 11.1. The summed E-state index contributed by atoms with van der Waals surface area (Å²) in [4.78, 5) is 12.2. The summed E-state index contributed by atoms with van der Waals surface area (Å²) >= 11 is 5.84. The number of nitrogens with zero attached hydrogens (tertiary/aromatic N) is 1. The first-order valence-electron chi connectivity index (χ1n) is 5.65. The highest BCUT2D eigenvalue weighted by Gasteiger charge is 2.22. The molecule has 90 valence electrons. The number of aryl methyl sites for hydroxylation is 1. The van der Waals surface area contributed by atoms with Crippen molar-refractivity contribution in [3.8, 4) is 6.07 Å². The van der Waals surface area contributed by atoms with Crippen LogP contribution < -0.4 is 0 Å². The van der Waals surface area contributed by atoms with E-state index in [0.717, 1.165) is 5.56 Å². The molecule has 0 fully saturated rings. The second-order valence-corrected chi connectivity index (χ2v) is 5.07. The van der Waals surface area contributed by atoms with Gasteiger partial charge >= 0.3 is 0 Å². The molecule has 0 aliphatic heterocycles. The fourth-order valence-electron chi connectivity index (χ4n) is 1.78. The van der Waals surface area contributed by atoms with Crippen molar-refractivity contribution in [1.29, 1.82) is 5.26 Å². The van der Waals surface area contributed by atoms with Crippen LogP contribution in [0.15, 0.2) is 18.2 Å². The topological polar surface area (TPSA) is 40.9 Å². The summed E-state index contributed by atoms with van der Waals surface area (Å²) in [5.74, 6) is -0.332. The van der Waals surface area contributed by atoms with Gasteiger partial charge in [-0.05, 0) is 43.0 Å². The molecule has 0 amide bonds. The molecule has 0 radical (unpaired) electrons. The minimum atomic E-state index is -0.560. The maximum Gasteiger partial charge on any atom is 0.180 e. The average Bonchev–Trinajstić information content (AvgIpc) is 2.24. The van der Waals surface area contributed by atoms with Gasteiger partial charge in [0, 0.05) is 10.6 Å². The molecule has 0 aromatic heterocycles. The Hall–Kier alpha value is -1.33. The Labute approximate surface area is 107 Å². The van der Waals surface area contributed by atoms with E-state index >= 15 is 0 Å². The summed E-state index contributed by atoms with van der Waals surface area (Å²) in [5.41, 5.74) is 1.42. The van der Waals surface area contributed by atoms with Crippen LogP contribution in [-0.2, 0) is 0 Å². The lowest BCUT2D eigenvalue weighted by Crippen LogP contribution is -2.16. The number of ketones is 1. The van der Waals surface area contributed by atoms with Gasteiger partial charge in [-0.15, -0.1) is 0 Å². The van der Waals surface area contributed by atoms with Crippen LogP contribution in [0.2, 0.25) is 5.02 Å². The van der Waals surface area contributed by atoms with Gasteiger partial charge in [0.1, 0.15) is 5.92 Å². The van der Waals surface area contributed by atoms with E-state index in [4.69, 9.17) is 16.9 Å². The fourth-order valence-corrected chi connectivity index (χ4v) is 2.01. The third kappa shape index (κ3) is 3.57. The molecule has 1 aromatic carbocycles. The van der Waals surface area contributed by atoms with Crippen LogP contribution in [0, 0.1) is 30.1 Å². The van der Waals surface area contributed by atoms with Crippen molar-refractivity contribution in [2.24, 2.45) is 11.8 Å². The molecule has 1 atom stereocenters. The highest BCUT2D eigenvalue weighted by atomic mass is 35.5. The first-order valence-corrected chi connectivity index (χ1v) is 6.03. The second kappa shape index (κ2) is 5.84. The predicted octanol–water partition coefficient (Wildman–Crippen LogP) is 4.02. The number of halogens is 1. The molecule has 0 N–H and O–H groups in total. The minimum absolute atomic E-state index is 0.102. The number of carbonyl (C=O) groups is 1. The molecule has 3 heteroatoms. The number of carbonyl (C=O) groups excluding carboxylic acids is 1. The van der Waals surface area contributed by atoms with E-state index in [2.05, 4.69) is 6.07 Å². The number of hydrogen-bond acceptors (Lipinski definition) is 2. The van der Waals surface area contributed by atoms with E-state index in [-0.39, 0.29) is 5.78 Å². The molecule has 17 heavy (non-hydrogen) atoms. The van der Waals surface area contributed by atoms with Crippen LogP contribution in [0.5, 0.6) is 0 Å². The highest BCUT2D eigenvalue weighted by Crippen LogP contribution is 2.21. The van der Waals surface area contributed by atoms with E-state index < -0.39 is 5.92 Å². The molecular formula is C14H16ClNO. The predicted molar refractivity (Wildman–Crippen MR) is 69.1 cm³/mol. The number of rotatable bonds is 4. The number of Topliss-reactive ketones (excluding diaryl/α,β-unsaturated/α-hetero) is 1. The maximum absolute atomic E-state index is 12.2. The van der Waals surface area contributed by atoms with Crippen molar-refractivity contribution in [2.75, 3.05) is 0 Å². The van der Waals surface area contributed by atoms with Crippen molar-refractivity contribution >= 4 is 17.4 Å². The Bertz CT molecular complexity index is 460. The summed E-state index contributed by atoms with van der Waals surface area (Å²) in [7, 11) is 0. The normalized spacial score (nSPS) is 12.2. The SMILES string of the molecule is Cc1cc(Cl)ccc1C(=O)C(C#N)CC(C)C. The van der Waals surface area contributed by atoms with Crippen molar-refractivity contribution < 1.29 is 4.79 Å². The van der Waals surface area contributed by atoms with E-state index in [1.165, 1.54) is 0 Å². The van der Waals surface area contributed by atoms with Crippen LogP contribution >= 0.6 is 11.6 Å². The molecule has 0 spiro atoms. The largest absolute Gasteiger partial charge is 0.293 e. The van der Waals surface area contributed by atoms with Crippen molar-refractivity contribution in [3.63, 3.8) is 0 Å². The monoisotopic (exact) mass is 249 g/mol. The summed E-state index contributed by atoms with van der Waals surface area (Å²) in [6.07, 6.45) is 0.595. The Morgan fingerprint density at radius 1 is 1.47 bits per heavy atom. The smallest absolute Gasteiger partial charge is 0.180 e. The fraction of sp³-hybridized carbons (Fsp3) is 0.429. The summed E-state index contributed by atoms with van der Waals surface area (Å²) < 4.78 is 0. The van der Waals surface area contributed by atoms with Gasteiger partial charge < -0.3 is 0 Å². The number of nitriles is 1. The van der Waals surface area contributed by atoms with Gasteiger partial charge in [0.15, 0.2) is 5.78 Å². The van der Waals surface area contributed by atoms with Gasteiger partial charge in [-0.25, -0.2) is 0 Å². The Morgan fingerprint density at radius 2 is 2.12 bits per heavy atom. The number of benzene rings is 1. The van der Waals surface area contributed by atoms with E-state index in [1.54, 1.807) is 18.2 Å². The molecule has 0 saturated carbocycles. The highest BCUT2D eigenvalue weighted by molar-refractivity contribution is 6.30. The Kier molecular flexibility index (Phi) is 4.72. The third-order valence-electron chi connectivity index (χ3n) is 2.63. The van der Waals surface area contributed by atoms with Gasteiger partial charge in [-0.1, -0.05) is 25.4 Å². The molecule has 0 bridgehead atoms. The lowest BCUT2D eigenvalue weighted by molar-refractivity contribution is 0.0936. The zero-order valence-electron chi connectivity index (χ0n) is 10.3. The van der Waals surface area contributed by atoms with Crippen LogP contribution in [0.3, 0.4) is 0 Å². The molecule has 0 aliphatic carbocycles. The van der Waals surface area contributed by atoms with Gasteiger partial charge in [-0.2, -0.15) is 5.26 Å². The quantitative estimate of drug-likeness (QED) is 0.757. The van der Waals surface area contributed by atoms with Gasteiger partial charge in [0.2, 0.25) is 0 Å². The lowest BCUT2D eigenvalue weighted by atomic mass is 9.89. The molecule has 1 unspecified atom stereocenters. The molecule has 1 aromatic rings. The zero-order chi connectivity index (χ0) is 13.0. The Balaban J connectivity index is 2.99. The van der Waals surface area contributed by atoms with Gasteiger partial charge in [-0.3, -0.25) is 4.79 Å². The molecule has 2 nitrogen and oxygen atoms in total. The van der Waals surface area contributed by atoms with Crippen LogP contribution in [-0.4, -0.2) is 5.78 Å². The van der Waals surface area contributed by atoms with Crippen LogP contribution in [0.25, 0.3) is 0 Å². The van der Waals surface area contributed by atoms with Crippen molar-refractivity contribution in [3.05, 3.63) is 34.3 Å². The molecular weight excluding hydrogens is 234 g/mol. The van der Waals surface area contributed by atoms with E-state index in [9.17, 15) is 4.79 Å². The maximum atomic E-state index is 12.2. The molecule has 0 heterocycles. The van der Waals surface area contributed by atoms with Crippen LogP contribution in [0.4, 0.5) is 0 Å². The first-order chi connectivity index (χ1) is 7.95. The first kappa shape index (κ1) is 13.7. The summed E-state index contributed by atoms with van der Waals surface area (Å²) in [5, 5.41) is 9.66. The molecule has 0 saturated heterocycles. The summed E-state index contributed by atoms with van der Waals surface area (Å²) in [6.45, 7) is 5.85. The average molecular weight is 250 g/mol. The van der Waals surface area contributed by atoms with Gasteiger partial charge in [0.25, 0.3) is 0 Å².